The van der Waals surface area contributed by atoms with E-state index >= 15 is 0 Å². The zero-order valence-electron chi connectivity index (χ0n) is 16.2. The van der Waals surface area contributed by atoms with Gasteiger partial charge < -0.3 is 9.84 Å². The molecule has 13 heteroatoms. The summed E-state index contributed by atoms with van der Waals surface area (Å²) >= 11 is -1.73. The number of hydrogen-bond donors (Lipinski definition) is 1. The predicted octanol–water partition coefficient (Wildman–Crippen LogP) is 1.63. The molecular weight excluding hydrogens is 404 g/mol. The van der Waals surface area contributed by atoms with E-state index < -0.39 is 51.5 Å². The Morgan fingerprint density at radius 3 is 1.85 bits per heavy atom. The summed E-state index contributed by atoms with van der Waals surface area (Å²) in [6.07, 6.45) is -2.96. The quantitative estimate of drug-likeness (QED) is 0.607. The van der Waals surface area contributed by atoms with Crippen molar-refractivity contribution < 1.29 is 40.4 Å². The summed E-state index contributed by atoms with van der Waals surface area (Å²) in [5.74, 6) is 0. The highest BCUT2D eigenvalue weighted by atomic mass is 32.2. The number of rotatable bonds is 0. The molecule has 0 aliphatic carbocycles. The van der Waals surface area contributed by atoms with Crippen molar-refractivity contribution in [2.75, 3.05) is 0 Å². The molecule has 2 aliphatic heterocycles. The highest BCUT2D eigenvalue weighted by Gasteiger charge is 2.45. The van der Waals surface area contributed by atoms with Gasteiger partial charge in [-0.1, -0.05) is 0 Å². The molecule has 0 aromatic rings. The zero-order valence-corrected chi connectivity index (χ0v) is 17.9. The molecule has 0 aromatic heterocycles. The summed E-state index contributed by atoms with van der Waals surface area (Å²) in [7, 11) is -4.05. The number of ether oxygens (including phenoxy) is 1. The first kappa shape index (κ1) is 23.6. The average Bonchev–Trinajstić information content (AvgIpc) is 2.80. The monoisotopic (exact) mass is 430 g/mol. The van der Waals surface area contributed by atoms with Crippen LogP contribution in [0.5, 0.6) is 0 Å². The SMILES string of the molecule is CC1OS(=O)(=O)N(C(=O)O)C1C.CC1OS(=O)N(C(=O)OC(C)(C)C)C1C. The summed E-state index contributed by atoms with van der Waals surface area (Å²) in [6.45, 7) is 11.8. The second-order valence-electron chi connectivity index (χ2n) is 7.14. The molecule has 0 saturated carbocycles. The molecule has 158 valence electrons. The number of amides is 2. The Bertz CT molecular complexity index is 704. The van der Waals surface area contributed by atoms with Crippen molar-refractivity contribution in [1.82, 2.24) is 8.61 Å². The first-order valence-corrected chi connectivity index (χ1v) is 10.5. The van der Waals surface area contributed by atoms with Gasteiger partial charge in [-0.25, -0.2) is 18.0 Å². The van der Waals surface area contributed by atoms with Crippen LogP contribution in [-0.2, 0) is 34.7 Å². The third kappa shape index (κ3) is 5.77. The summed E-state index contributed by atoms with van der Waals surface area (Å²) in [4.78, 5) is 22.1. The van der Waals surface area contributed by atoms with Gasteiger partial charge in [0.1, 0.15) is 5.60 Å². The Balaban J connectivity index is 0.000000277. The summed E-state index contributed by atoms with van der Waals surface area (Å²) in [6, 6.07) is -0.895. The van der Waals surface area contributed by atoms with Crippen LogP contribution in [0.25, 0.3) is 0 Å². The minimum absolute atomic E-state index is 0.235. The molecule has 0 spiro atoms. The van der Waals surface area contributed by atoms with Crippen molar-refractivity contribution in [3.05, 3.63) is 0 Å². The maximum atomic E-state index is 11.7. The highest BCUT2D eigenvalue weighted by molar-refractivity contribution is 7.85. The van der Waals surface area contributed by atoms with Crippen LogP contribution in [0, 0.1) is 0 Å². The highest BCUT2D eigenvalue weighted by Crippen LogP contribution is 2.24. The maximum absolute atomic E-state index is 11.7. The first-order chi connectivity index (χ1) is 12.1. The van der Waals surface area contributed by atoms with E-state index in [-0.39, 0.29) is 12.1 Å². The predicted molar refractivity (Wildman–Crippen MR) is 95.0 cm³/mol. The van der Waals surface area contributed by atoms with E-state index in [9.17, 15) is 22.2 Å². The molecule has 27 heavy (non-hydrogen) atoms. The van der Waals surface area contributed by atoms with Gasteiger partial charge >= 0.3 is 22.5 Å². The number of hydrogen-bond acceptors (Lipinski definition) is 8. The average molecular weight is 431 g/mol. The van der Waals surface area contributed by atoms with Crippen LogP contribution in [-0.4, -0.2) is 68.4 Å². The lowest BCUT2D eigenvalue weighted by Gasteiger charge is -2.24. The summed E-state index contributed by atoms with van der Waals surface area (Å²) < 4.78 is 49.4. The lowest BCUT2D eigenvalue weighted by atomic mass is 10.2. The van der Waals surface area contributed by atoms with E-state index in [1.165, 1.54) is 13.8 Å². The molecule has 5 atom stereocenters. The van der Waals surface area contributed by atoms with Gasteiger partial charge in [0.05, 0.1) is 24.3 Å². The van der Waals surface area contributed by atoms with Crippen LogP contribution in [0.3, 0.4) is 0 Å². The Kier molecular flexibility index (Phi) is 7.24. The van der Waals surface area contributed by atoms with Crippen LogP contribution < -0.4 is 0 Å². The van der Waals surface area contributed by atoms with Crippen LogP contribution in [0.4, 0.5) is 9.59 Å². The Morgan fingerprint density at radius 2 is 1.59 bits per heavy atom. The summed E-state index contributed by atoms with van der Waals surface area (Å²) in [5, 5.41) is 8.50. The van der Waals surface area contributed by atoms with Gasteiger partial charge in [-0.2, -0.15) is 17.0 Å². The topological polar surface area (TPSA) is 140 Å². The van der Waals surface area contributed by atoms with Gasteiger partial charge in [0.15, 0.2) is 0 Å². The molecule has 2 fully saturated rings. The molecule has 0 aromatic carbocycles. The zero-order chi connectivity index (χ0) is 21.3. The molecule has 1 N–H and O–H groups in total. The molecule has 0 radical (unpaired) electrons. The molecule has 2 amide bonds. The smallest absolute Gasteiger partial charge is 0.424 e. The van der Waals surface area contributed by atoms with E-state index in [1.54, 1.807) is 34.6 Å². The Morgan fingerprint density at radius 1 is 1.07 bits per heavy atom. The first-order valence-electron chi connectivity index (χ1n) is 8.15. The van der Waals surface area contributed by atoms with E-state index in [1.807, 2.05) is 0 Å². The standard InChI is InChI=1S/C9H17NO4S.C5H9NO5S/c1-6-7(2)14-15(12)10(6)8(11)13-9(3,4)5;1-3-4(2)11-12(9,10)6(3)5(7)8/h6-7H,1-5H3;3-4H,1-2H3,(H,7,8). The van der Waals surface area contributed by atoms with Crippen LogP contribution in [0.1, 0.15) is 48.5 Å². The minimum atomic E-state index is -4.05. The minimum Gasteiger partial charge on any atom is -0.464 e. The molecule has 0 bridgehead atoms. The summed E-state index contributed by atoms with van der Waals surface area (Å²) in [5.41, 5.74) is -0.590. The van der Waals surface area contributed by atoms with Gasteiger partial charge in [-0.15, -0.1) is 0 Å². The fourth-order valence-corrected chi connectivity index (χ4v) is 4.62. The normalized spacial score (nSPS) is 32.6. The molecule has 11 nitrogen and oxygen atoms in total. The van der Waals surface area contributed by atoms with Crippen molar-refractivity contribution in [3.8, 4) is 0 Å². The molecule has 5 unspecified atom stereocenters. The van der Waals surface area contributed by atoms with E-state index in [2.05, 4.69) is 4.18 Å². The van der Waals surface area contributed by atoms with Crippen LogP contribution >= 0.6 is 0 Å². The van der Waals surface area contributed by atoms with Crippen molar-refractivity contribution >= 4 is 33.8 Å². The van der Waals surface area contributed by atoms with Gasteiger partial charge in [-0.05, 0) is 48.5 Å². The molecular formula is C14H26N2O9S2. The van der Waals surface area contributed by atoms with Gasteiger partial charge in [0.25, 0.3) is 11.3 Å². The molecule has 2 heterocycles. The number of carboxylic acid groups (broad SMARTS) is 1. The second kappa shape index (κ2) is 8.29. The van der Waals surface area contributed by atoms with E-state index in [0.717, 1.165) is 4.31 Å². The van der Waals surface area contributed by atoms with Crippen molar-refractivity contribution in [2.24, 2.45) is 0 Å². The fourth-order valence-electron chi connectivity index (χ4n) is 2.10. The maximum Gasteiger partial charge on any atom is 0.424 e. The number of carbonyl (C=O) groups is 2. The Hall–Kier alpha value is -1.44. The van der Waals surface area contributed by atoms with Gasteiger partial charge in [0.2, 0.25) is 0 Å². The largest absolute Gasteiger partial charge is 0.464 e. The molecule has 2 rings (SSSR count). The van der Waals surface area contributed by atoms with Gasteiger partial charge in [0, 0.05) is 0 Å². The van der Waals surface area contributed by atoms with Crippen LogP contribution in [0.15, 0.2) is 0 Å². The number of carbonyl (C=O) groups excluding carboxylic acids is 1. The molecule has 2 saturated heterocycles. The fraction of sp³-hybridized carbons (Fsp3) is 0.857. The Labute approximate surface area is 161 Å². The third-order valence-electron chi connectivity index (χ3n) is 3.77. The molecule has 2 aliphatic rings. The van der Waals surface area contributed by atoms with Crippen molar-refractivity contribution in [1.29, 1.82) is 0 Å². The van der Waals surface area contributed by atoms with Crippen molar-refractivity contribution in [3.63, 3.8) is 0 Å². The van der Waals surface area contributed by atoms with Crippen molar-refractivity contribution in [2.45, 2.75) is 78.4 Å². The van der Waals surface area contributed by atoms with E-state index in [0.29, 0.717) is 4.31 Å². The lowest BCUT2D eigenvalue weighted by Crippen LogP contribution is -2.40. The number of nitrogens with zero attached hydrogens (tertiary/aromatic N) is 2. The van der Waals surface area contributed by atoms with Crippen LogP contribution in [0.2, 0.25) is 0 Å². The second-order valence-corrected chi connectivity index (χ2v) is 9.60. The van der Waals surface area contributed by atoms with Gasteiger partial charge in [-0.3, -0.25) is 4.18 Å². The third-order valence-corrected chi connectivity index (χ3v) is 6.56. The van der Waals surface area contributed by atoms with E-state index in [4.69, 9.17) is 14.0 Å². The lowest BCUT2D eigenvalue weighted by molar-refractivity contribution is 0.0355.